The van der Waals surface area contributed by atoms with Gasteiger partial charge in [0.15, 0.2) is 0 Å². The van der Waals surface area contributed by atoms with E-state index in [1.54, 1.807) is 18.2 Å². The number of hydrogen-bond acceptors (Lipinski definition) is 4. The van der Waals surface area contributed by atoms with Gasteiger partial charge < -0.3 is 0 Å². The summed E-state index contributed by atoms with van der Waals surface area (Å²) in [6, 6.07) is 11.6. The fourth-order valence-corrected chi connectivity index (χ4v) is 3.17. The van der Waals surface area contributed by atoms with E-state index in [1.807, 2.05) is 0 Å². The predicted molar refractivity (Wildman–Crippen MR) is 97.6 cm³/mol. The summed E-state index contributed by atoms with van der Waals surface area (Å²) in [4.78, 5) is 23.9. The first-order valence-corrected chi connectivity index (χ1v) is 9.51. The zero-order valence-corrected chi connectivity index (χ0v) is 15.7. The average Bonchev–Trinajstić information content (AvgIpc) is 2.65. The van der Waals surface area contributed by atoms with E-state index in [2.05, 4.69) is 10.9 Å². The highest BCUT2D eigenvalue weighted by Gasteiger charge is 2.19. The van der Waals surface area contributed by atoms with Crippen LogP contribution in [0.2, 0.25) is 0 Å². The van der Waals surface area contributed by atoms with Crippen molar-refractivity contribution in [3.63, 3.8) is 0 Å². The molecule has 2 aromatic carbocycles. The maximum atomic E-state index is 13.5. The molecular formula is C18H20FN3O4S. The molecule has 0 aliphatic rings. The predicted octanol–water partition coefficient (Wildman–Crippen LogP) is 1.47. The van der Waals surface area contributed by atoms with Gasteiger partial charge in [0.25, 0.3) is 5.91 Å². The molecule has 0 aliphatic carbocycles. The van der Waals surface area contributed by atoms with E-state index in [0.717, 1.165) is 4.31 Å². The van der Waals surface area contributed by atoms with E-state index in [9.17, 15) is 22.4 Å². The lowest BCUT2D eigenvalue weighted by atomic mass is 10.1. The van der Waals surface area contributed by atoms with Gasteiger partial charge in [0.2, 0.25) is 15.9 Å². The lowest BCUT2D eigenvalue weighted by Gasteiger charge is -2.12. The number of nitrogens with zero attached hydrogens (tertiary/aromatic N) is 1. The highest BCUT2D eigenvalue weighted by molar-refractivity contribution is 7.89. The number of carbonyl (C=O) groups excluding carboxylic acids is 2. The normalized spacial score (nSPS) is 11.3. The summed E-state index contributed by atoms with van der Waals surface area (Å²) in [5, 5.41) is 0. The number of hydrogen-bond donors (Lipinski definition) is 2. The Kier molecular flexibility index (Phi) is 6.65. The number of carbonyl (C=O) groups is 2. The fraction of sp³-hybridized carbons (Fsp3) is 0.222. The van der Waals surface area contributed by atoms with Crippen molar-refractivity contribution >= 4 is 21.8 Å². The van der Waals surface area contributed by atoms with Crippen LogP contribution in [0.3, 0.4) is 0 Å². The topological polar surface area (TPSA) is 95.6 Å². The van der Waals surface area contributed by atoms with E-state index in [-0.39, 0.29) is 23.3 Å². The third-order valence-electron chi connectivity index (χ3n) is 3.77. The second-order valence-corrected chi connectivity index (χ2v) is 8.06. The van der Waals surface area contributed by atoms with Gasteiger partial charge in [-0.05, 0) is 36.2 Å². The standard InChI is InChI=1S/C18H20FN3O4S/c1-22(2)27(25,26)15-8-5-7-14(12-15)18(24)21-20-17(23)11-10-13-6-3-4-9-16(13)19/h3-9,12H,10-11H2,1-2H3,(H,20,23)(H,21,24). The lowest BCUT2D eigenvalue weighted by Crippen LogP contribution is -2.41. The number of benzene rings is 2. The Labute approximate surface area is 157 Å². The third-order valence-corrected chi connectivity index (χ3v) is 5.58. The van der Waals surface area contributed by atoms with Crippen LogP contribution >= 0.6 is 0 Å². The maximum Gasteiger partial charge on any atom is 0.269 e. The van der Waals surface area contributed by atoms with Crippen LogP contribution in [0.15, 0.2) is 53.4 Å². The molecule has 27 heavy (non-hydrogen) atoms. The molecule has 0 unspecified atom stereocenters. The molecule has 0 bridgehead atoms. The quantitative estimate of drug-likeness (QED) is 0.727. The summed E-state index contributed by atoms with van der Waals surface area (Å²) in [5.74, 6) is -1.55. The molecule has 0 heterocycles. The SMILES string of the molecule is CN(C)S(=O)(=O)c1cccc(C(=O)NNC(=O)CCc2ccccc2F)c1. The number of hydrazine groups is 1. The van der Waals surface area contributed by atoms with E-state index in [4.69, 9.17) is 0 Å². The molecule has 0 spiro atoms. The van der Waals surface area contributed by atoms with Crippen LogP contribution in [-0.2, 0) is 21.2 Å². The number of sulfonamides is 1. The van der Waals surface area contributed by atoms with E-state index < -0.39 is 27.7 Å². The van der Waals surface area contributed by atoms with Crippen LogP contribution in [0.1, 0.15) is 22.3 Å². The molecule has 7 nitrogen and oxygen atoms in total. The molecule has 0 aromatic heterocycles. The van der Waals surface area contributed by atoms with Gasteiger partial charge >= 0.3 is 0 Å². The van der Waals surface area contributed by atoms with E-state index in [1.165, 1.54) is 44.4 Å². The Morgan fingerprint density at radius 1 is 1.04 bits per heavy atom. The van der Waals surface area contributed by atoms with Gasteiger partial charge in [-0.2, -0.15) is 0 Å². The minimum atomic E-state index is -3.68. The van der Waals surface area contributed by atoms with Crippen molar-refractivity contribution in [1.82, 2.24) is 15.2 Å². The fourth-order valence-electron chi connectivity index (χ4n) is 2.22. The molecule has 0 saturated carbocycles. The molecule has 0 aliphatic heterocycles. The molecule has 2 rings (SSSR count). The van der Waals surface area contributed by atoms with Gasteiger partial charge in [0, 0.05) is 26.1 Å². The van der Waals surface area contributed by atoms with Gasteiger partial charge in [-0.3, -0.25) is 20.4 Å². The van der Waals surface area contributed by atoms with Crippen LogP contribution < -0.4 is 10.9 Å². The number of amides is 2. The molecule has 2 aromatic rings. The van der Waals surface area contributed by atoms with Crippen molar-refractivity contribution in [3.05, 3.63) is 65.5 Å². The minimum Gasteiger partial charge on any atom is -0.273 e. The maximum absolute atomic E-state index is 13.5. The van der Waals surface area contributed by atoms with Crippen LogP contribution in [-0.4, -0.2) is 38.6 Å². The second kappa shape index (κ2) is 8.74. The molecule has 0 saturated heterocycles. The Bertz CT molecular complexity index is 945. The van der Waals surface area contributed by atoms with E-state index >= 15 is 0 Å². The van der Waals surface area contributed by atoms with Gasteiger partial charge in [0.1, 0.15) is 5.82 Å². The lowest BCUT2D eigenvalue weighted by molar-refractivity contribution is -0.121. The Hall–Kier alpha value is -2.78. The molecular weight excluding hydrogens is 373 g/mol. The Morgan fingerprint density at radius 2 is 1.74 bits per heavy atom. The van der Waals surface area contributed by atoms with Gasteiger partial charge in [-0.15, -0.1) is 0 Å². The summed E-state index contributed by atoms with van der Waals surface area (Å²) in [7, 11) is -0.904. The molecule has 144 valence electrons. The van der Waals surface area contributed by atoms with Gasteiger partial charge in [-0.1, -0.05) is 24.3 Å². The van der Waals surface area contributed by atoms with Crippen molar-refractivity contribution in [1.29, 1.82) is 0 Å². The first-order chi connectivity index (χ1) is 12.7. The molecule has 0 atom stereocenters. The zero-order chi connectivity index (χ0) is 20.0. The first kappa shape index (κ1) is 20.5. The van der Waals surface area contributed by atoms with E-state index in [0.29, 0.717) is 5.56 Å². The molecule has 0 fully saturated rings. The average molecular weight is 393 g/mol. The number of halogens is 1. The highest BCUT2D eigenvalue weighted by Crippen LogP contribution is 2.14. The first-order valence-electron chi connectivity index (χ1n) is 8.07. The summed E-state index contributed by atoms with van der Waals surface area (Å²) < 4.78 is 38.8. The van der Waals surface area contributed by atoms with Crippen LogP contribution in [0.5, 0.6) is 0 Å². The van der Waals surface area contributed by atoms with Crippen LogP contribution in [0.25, 0.3) is 0 Å². The molecule has 2 N–H and O–H groups in total. The van der Waals surface area contributed by atoms with Crippen molar-refractivity contribution in [2.45, 2.75) is 17.7 Å². The van der Waals surface area contributed by atoms with Gasteiger partial charge in [0.05, 0.1) is 4.90 Å². The minimum absolute atomic E-state index is 0.0176. The smallest absolute Gasteiger partial charge is 0.269 e. The van der Waals surface area contributed by atoms with Gasteiger partial charge in [-0.25, -0.2) is 17.1 Å². The van der Waals surface area contributed by atoms with Crippen LogP contribution in [0, 0.1) is 5.82 Å². The third kappa shape index (κ3) is 5.35. The molecule has 0 radical (unpaired) electrons. The monoisotopic (exact) mass is 393 g/mol. The summed E-state index contributed by atoms with van der Waals surface area (Å²) in [6.07, 6.45) is 0.168. The summed E-state index contributed by atoms with van der Waals surface area (Å²) in [5.41, 5.74) is 4.93. The van der Waals surface area contributed by atoms with Crippen LogP contribution in [0.4, 0.5) is 4.39 Å². The summed E-state index contributed by atoms with van der Waals surface area (Å²) >= 11 is 0. The number of aryl methyl sites for hydroxylation is 1. The van der Waals surface area contributed by atoms with Crippen molar-refractivity contribution in [3.8, 4) is 0 Å². The highest BCUT2D eigenvalue weighted by atomic mass is 32.2. The number of rotatable bonds is 6. The zero-order valence-electron chi connectivity index (χ0n) is 14.9. The van der Waals surface area contributed by atoms with Crippen molar-refractivity contribution < 1.29 is 22.4 Å². The second-order valence-electron chi connectivity index (χ2n) is 5.91. The Morgan fingerprint density at radius 3 is 2.41 bits per heavy atom. The number of nitrogens with one attached hydrogen (secondary N) is 2. The van der Waals surface area contributed by atoms with Crippen molar-refractivity contribution in [2.24, 2.45) is 0 Å². The molecule has 9 heteroatoms. The largest absolute Gasteiger partial charge is 0.273 e. The Balaban J connectivity index is 1.94. The summed E-state index contributed by atoms with van der Waals surface area (Å²) in [6.45, 7) is 0. The van der Waals surface area contributed by atoms with Crippen molar-refractivity contribution in [2.75, 3.05) is 14.1 Å². The molecule has 2 amide bonds.